The summed E-state index contributed by atoms with van der Waals surface area (Å²) in [6.45, 7) is 5.93. The highest BCUT2D eigenvalue weighted by Crippen LogP contribution is 2.34. The standard InChI is InChI=1S/C31H45N7O2/c1-4-21-19-27(38-16-6-7-25(20-38)34-31(40)36(2)3)35-30(28(21)29(32)39)33-24-12-10-22(11-13-24)23-14-17-37(18-15-23)26-8-5-9-26/h10-13,19,23,25-26H,4-9,14-18,20H2,1-3H3,(H2,32,39)(H,33,35)(H,34,40). The zero-order valence-corrected chi connectivity index (χ0v) is 24.3. The largest absolute Gasteiger partial charge is 0.365 e. The van der Waals surface area contributed by atoms with Gasteiger partial charge in [0, 0.05) is 45.0 Å². The third kappa shape index (κ3) is 6.35. The van der Waals surface area contributed by atoms with Gasteiger partial charge in [-0.1, -0.05) is 25.5 Å². The van der Waals surface area contributed by atoms with Gasteiger partial charge in [-0.15, -0.1) is 0 Å². The molecule has 9 nitrogen and oxygen atoms in total. The van der Waals surface area contributed by atoms with E-state index < -0.39 is 5.91 Å². The Morgan fingerprint density at radius 2 is 1.75 bits per heavy atom. The van der Waals surface area contributed by atoms with Gasteiger partial charge in [0.2, 0.25) is 0 Å². The van der Waals surface area contributed by atoms with Crippen molar-refractivity contribution in [1.29, 1.82) is 0 Å². The summed E-state index contributed by atoms with van der Waals surface area (Å²) in [4.78, 5) is 36.1. The van der Waals surface area contributed by atoms with Crippen LogP contribution in [0.1, 0.15) is 79.3 Å². The quantitative estimate of drug-likeness (QED) is 0.451. The van der Waals surface area contributed by atoms with Crippen molar-refractivity contribution >= 4 is 29.3 Å². The van der Waals surface area contributed by atoms with E-state index in [1.165, 1.54) is 50.8 Å². The summed E-state index contributed by atoms with van der Waals surface area (Å²) in [5.41, 5.74) is 9.43. The van der Waals surface area contributed by atoms with Gasteiger partial charge in [-0.05, 0) is 93.3 Å². The first-order chi connectivity index (χ1) is 19.3. The van der Waals surface area contributed by atoms with E-state index in [1.54, 1.807) is 19.0 Å². The summed E-state index contributed by atoms with van der Waals surface area (Å²) in [6, 6.07) is 11.4. The number of pyridine rings is 1. The second-order valence-corrected chi connectivity index (χ2v) is 11.9. The van der Waals surface area contributed by atoms with Crippen LogP contribution in [0.15, 0.2) is 30.3 Å². The number of aryl methyl sites for hydroxylation is 1. The van der Waals surface area contributed by atoms with Crippen molar-refractivity contribution in [2.24, 2.45) is 5.73 Å². The Bertz CT molecular complexity index is 1190. The number of carbonyl (C=O) groups is 2. The number of piperidine rings is 2. The van der Waals surface area contributed by atoms with Gasteiger partial charge in [-0.2, -0.15) is 0 Å². The molecule has 1 atom stereocenters. The van der Waals surface area contributed by atoms with Gasteiger partial charge in [-0.3, -0.25) is 4.79 Å². The van der Waals surface area contributed by atoms with Crippen LogP contribution in [-0.4, -0.2) is 79.1 Å². The highest BCUT2D eigenvalue weighted by atomic mass is 16.2. The molecular formula is C31H45N7O2. The van der Waals surface area contributed by atoms with Crippen LogP contribution in [0.5, 0.6) is 0 Å². The number of rotatable bonds is 8. The van der Waals surface area contributed by atoms with E-state index >= 15 is 0 Å². The predicted molar refractivity (Wildman–Crippen MR) is 160 cm³/mol. The van der Waals surface area contributed by atoms with E-state index in [2.05, 4.69) is 44.7 Å². The lowest BCUT2D eigenvalue weighted by molar-refractivity contribution is 0.0975. The SMILES string of the molecule is CCc1cc(N2CCCC(NC(=O)N(C)C)C2)nc(Nc2ccc(C3CCN(C4CCC4)CC3)cc2)c1C(N)=O. The van der Waals surface area contributed by atoms with Gasteiger partial charge in [0.1, 0.15) is 11.6 Å². The molecule has 1 unspecified atom stereocenters. The maximum atomic E-state index is 12.5. The minimum Gasteiger partial charge on any atom is -0.365 e. The van der Waals surface area contributed by atoms with Gasteiger partial charge in [0.15, 0.2) is 0 Å². The van der Waals surface area contributed by atoms with Crippen molar-refractivity contribution in [2.75, 3.05) is 50.5 Å². The molecule has 3 heterocycles. The van der Waals surface area contributed by atoms with E-state index in [9.17, 15) is 9.59 Å². The van der Waals surface area contributed by atoms with E-state index in [0.29, 0.717) is 30.3 Å². The molecule has 0 spiro atoms. The maximum Gasteiger partial charge on any atom is 0.317 e. The molecule has 2 aliphatic heterocycles. The van der Waals surface area contributed by atoms with Crippen LogP contribution < -0.4 is 21.3 Å². The topological polar surface area (TPSA) is 107 Å². The molecule has 3 amide bonds. The Hall–Kier alpha value is -3.33. The summed E-state index contributed by atoms with van der Waals surface area (Å²) >= 11 is 0. The van der Waals surface area contributed by atoms with Crippen LogP contribution in [0.2, 0.25) is 0 Å². The Morgan fingerprint density at radius 1 is 1.02 bits per heavy atom. The molecule has 5 rings (SSSR count). The van der Waals surface area contributed by atoms with E-state index in [-0.39, 0.29) is 12.1 Å². The Morgan fingerprint density at radius 3 is 2.35 bits per heavy atom. The highest BCUT2D eigenvalue weighted by molar-refractivity contribution is 6.00. The van der Waals surface area contributed by atoms with E-state index in [1.807, 2.05) is 13.0 Å². The van der Waals surface area contributed by atoms with Crippen molar-refractivity contribution in [3.8, 4) is 0 Å². The summed E-state index contributed by atoms with van der Waals surface area (Å²) < 4.78 is 0. The minimum absolute atomic E-state index is 0.0379. The third-order valence-electron chi connectivity index (χ3n) is 8.96. The average Bonchev–Trinajstić information content (AvgIpc) is 2.92. The first kappa shape index (κ1) is 28.2. The van der Waals surface area contributed by atoms with Crippen LogP contribution in [0.25, 0.3) is 0 Å². The number of aromatic nitrogens is 1. The van der Waals surface area contributed by atoms with Gasteiger partial charge in [0.05, 0.1) is 5.56 Å². The number of hydrogen-bond acceptors (Lipinski definition) is 6. The molecule has 1 aliphatic carbocycles. The molecule has 0 bridgehead atoms. The maximum absolute atomic E-state index is 12.5. The fourth-order valence-electron chi connectivity index (χ4n) is 6.32. The van der Waals surface area contributed by atoms with Gasteiger partial charge < -0.3 is 31.1 Å². The highest BCUT2D eigenvalue weighted by Gasteiger charge is 2.29. The van der Waals surface area contributed by atoms with Gasteiger partial charge >= 0.3 is 6.03 Å². The van der Waals surface area contributed by atoms with E-state index in [4.69, 9.17) is 10.7 Å². The van der Waals surface area contributed by atoms with Crippen molar-refractivity contribution in [3.63, 3.8) is 0 Å². The average molecular weight is 548 g/mol. The molecule has 216 valence electrons. The van der Waals surface area contributed by atoms with Crippen LogP contribution >= 0.6 is 0 Å². The molecule has 3 fully saturated rings. The molecule has 1 aromatic carbocycles. The molecule has 1 saturated carbocycles. The number of nitrogens with zero attached hydrogens (tertiary/aromatic N) is 4. The Balaban J connectivity index is 1.31. The number of anilines is 3. The third-order valence-corrected chi connectivity index (χ3v) is 8.96. The number of primary amides is 1. The summed E-state index contributed by atoms with van der Waals surface area (Å²) in [5.74, 6) is 1.40. The van der Waals surface area contributed by atoms with Gasteiger partial charge in [0.25, 0.3) is 5.91 Å². The number of nitrogens with two attached hydrogens (primary N) is 1. The number of carbonyl (C=O) groups excluding carboxylic acids is 2. The van der Waals surface area contributed by atoms with Crippen LogP contribution in [0, 0.1) is 0 Å². The van der Waals surface area contributed by atoms with Crippen molar-refractivity contribution in [3.05, 3.63) is 47.0 Å². The zero-order chi connectivity index (χ0) is 28.2. The smallest absolute Gasteiger partial charge is 0.317 e. The number of amides is 3. The molecule has 0 radical (unpaired) electrons. The lowest BCUT2D eigenvalue weighted by Crippen LogP contribution is -2.50. The number of likely N-dealkylation sites (tertiary alicyclic amines) is 1. The minimum atomic E-state index is -0.483. The summed E-state index contributed by atoms with van der Waals surface area (Å²) in [7, 11) is 3.49. The Labute approximate surface area is 238 Å². The monoisotopic (exact) mass is 547 g/mol. The van der Waals surface area contributed by atoms with Crippen molar-refractivity contribution in [2.45, 2.75) is 76.3 Å². The van der Waals surface area contributed by atoms with Crippen molar-refractivity contribution in [1.82, 2.24) is 20.1 Å². The fourth-order valence-corrected chi connectivity index (χ4v) is 6.32. The number of benzene rings is 1. The first-order valence-corrected chi connectivity index (χ1v) is 15.0. The molecular weight excluding hydrogens is 502 g/mol. The van der Waals surface area contributed by atoms with Crippen LogP contribution in [-0.2, 0) is 6.42 Å². The fraction of sp³-hybridized carbons (Fsp3) is 0.581. The molecule has 2 aromatic rings. The lowest BCUT2D eigenvalue weighted by Gasteiger charge is -2.42. The van der Waals surface area contributed by atoms with E-state index in [0.717, 1.165) is 42.5 Å². The summed E-state index contributed by atoms with van der Waals surface area (Å²) in [6.07, 6.45) is 9.10. The molecule has 4 N–H and O–H groups in total. The number of hydrogen-bond donors (Lipinski definition) is 3. The van der Waals surface area contributed by atoms with Crippen molar-refractivity contribution < 1.29 is 9.59 Å². The first-order valence-electron chi connectivity index (χ1n) is 15.0. The van der Waals surface area contributed by atoms with Crippen LogP contribution in [0.4, 0.5) is 22.1 Å². The molecule has 40 heavy (non-hydrogen) atoms. The zero-order valence-electron chi connectivity index (χ0n) is 24.3. The second kappa shape index (κ2) is 12.5. The number of urea groups is 1. The number of nitrogens with one attached hydrogen (secondary N) is 2. The predicted octanol–water partition coefficient (Wildman–Crippen LogP) is 4.46. The normalized spacial score (nSPS) is 20.6. The second-order valence-electron chi connectivity index (χ2n) is 11.9. The molecule has 2 saturated heterocycles. The van der Waals surface area contributed by atoms with Gasteiger partial charge in [-0.25, -0.2) is 9.78 Å². The molecule has 9 heteroatoms. The Kier molecular flexibility index (Phi) is 8.78. The summed E-state index contributed by atoms with van der Waals surface area (Å²) in [5, 5.41) is 6.51. The van der Waals surface area contributed by atoms with Crippen LogP contribution in [0.3, 0.4) is 0 Å². The lowest BCUT2D eigenvalue weighted by atomic mass is 9.85. The molecule has 3 aliphatic rings. The molecule has 1 aromatic heterocycles.